The van der Waals surface area contributed by atoms with Crippen molar-refractivity contribution in [1.82, 2.24) is 4.90 Å². The van der Waals surface area contributed by atoms with Crippen LogP contribution in [0.5, 0.6) is 0 Å². The summed E-state index contributed by atoms with van der Waals surface area (Å²) in [6.45, 7) is 7.34. The van der Waals surface area contributed by atoms with E-state index in [0.717, 1.165) is 0 Å². The van der Waals surface area contributed by atoms with Crippen molar-refractivity contribution in [1.29, 1.82) is 0 Å². The molecule has 1 aliphatic rings. The fourth-order valence-electron chi connectivity index (χ4n) is 2.84. The Morgan fingerprint density at radius 2 is 1.78 bits per heavy atom. The van der Waals surface area contributed by atoms with Crippen LogP contribution in [0.2, 0.25) is 0 Å². The summed E-state index contributed by atoms with van der Waals surface area (Å²) in [4.78, 5) is 15.1. The molecule has 0 radical (unpaired) electrons. The van der Waals surface area contributed by atoms with Gasteiger partial charge in [0.1, 0.15) is 0 Å². The first-order valence-corrected chi connectivity index (χ1v) is 7.98. The summed E-state index contributed by atoms with van der Waals surface area (Å²) >= 11 is 0. The number of amides is 1. The minimum absolute atomic E-state index is 0.0455. The van der Waals surface area contributed by atoms with Gasteiger partial charge in [-0.05, 0) is 23.6 Å². The van der Waals surface area contributed by atoms with Crippen molar-refractivity contribution < 1.29 is 18.0 Å². The lowest BCUT2D eigenvalue weighted by Gasteiger charge is -2.37. The van der Waals surface area contributed by atoms with Gasteiger partial charge in [0.15, 0.2) is 0 Å². The maximum absolute atomic E-state index is 13.4. The Balaban J connectivity index is 2.25. The molecule has 0 aromatic heterocycles. The Morgan fingerprint density at radius 1 is 1.17 bits per heavy atom. The van der Waals surface area contributed by atoms with Crippen molar-refractivity contribution in [3.63, 3.8) is 0 Å². The molecule has 1 aromatic carbocycles. The fourth-order valence-corrected chi connectivity index (χ4v) is 2.84. The van der Waals surface area contributed by atoms with Gasteiger partial charge in [0.05, 0.1) is 5.56 Å². The number of hydrogen-bond acceptors (Lipinski definition) is 2. The standard InChI is InChI=1S/C17H23F3N2O/c1-4-16(23)22-9-7-21(8-10-22)15-6-5-13(12(2)3)11-14(15)17(18,19)20/h5-6,11-12H,4,7-10H2,1-3H3. The molecule has 0 aliphatic carbocycles. The molecule has 6 heteroatoms. The number of piperazine rings is 1. The average molecular weight is 328 g/mol. The van der Waals surface area contributed by atoms with Gasteiger partial charge in [0.2, 0.25) is 5.91 Å². The van der Waals surface area contributed by atoms with Crippen molar-refractivity contribution in [2.75, 3.05) is 31.1 Å². The number of rotatable bonds is 3. The number of carbonyl (C=O) groups excluding carboxylic acids is 1. The minimum atomic E-state index is -4.38. The van der Waals surface area contributed by atoms with Gasteiger partial charge in [0, 0.05) is 38.3 Å². The van der Waals surface area contributed by atoms with E-state index in [1.807, 2.05) is 13.8 Å². The van der Waals surface area contributed by atoms with Crippen LogP contribution in [0, 0.1) is 0 Å². The van der Waals surface area contributed by atoms with E-state index in [1.165, 1.54) is 6.07 Å². The molecule has 23 heavy (non-hydrogen) atoms. The molecule has 1 fully saturated rings. The normalized spacial score (nSPS) is 16.1. The maximum Gasteiger partial charge on any atom is 0.418 e. The van der Waals surface area contributed by atoms with Crippen molar-refractivity contribution in [3.8, 4) is 0 Å². The van der Waals surface area contributed by atoms with Crippen molar-refractivity contribution in [2.45, 2.75) is 39.3 Å². The topological polar surface area (TPSA) is 23.6 Å². The number of anilines is 1. The predicted molar refractivity (Wildman–Crippen MR) is 84.6 cm³/mol. The van der Waals surface area contributed by atoms with Crippen LogP contribution in [0.3, 0.4) is 0 Å². The molecular formula is C17H23F3N2O. The van der Waals surface area contributed by atoms with Gasteiger partial charge in [-0.25, -0.2) is 0 Å². The van der Waals surface area contributed by atoms with Crippen LogP contribution in [0.1, 0.15) is 44.2 Å². The molecule has 0 unspecified atom stereocenters. The minimum Gasteiger partial charge on any atom is -0.367 e. The number of benzene rings is 1. The van der Waals surface area contributed by atoms with Crippen LogP contribution >= 0.6 is 0 Å². The Bertz CT molecular complexity index is 561. The summed E-state index contributed by atoms with van der Waals surface area (Å²) in [7, 11) is 0. The highest BCUT2D eigenvalue weighted by Gasteiger charge is 2.36. The van der Waals surface area contributed by atoms with E-state index in [1.54, 1.807) is 28.9 Å². The van der Waals surface area contributed by atoms with Gasteiger partial charge in [-0.3, -0.25) is 4.79 Å². The average Bonchev–Trinajstić information content (AvgIpc) is 2.52. The molecule has 0 spiro atoms. The van der Waals surface area contributed by atoms with Crippen LogP contribution in [0.15, 0.2) is 18.2 Å². The van der Waals surface area contributed by atoms with Crippen LogP contribution in [-0.2, 0) is 11.0 Å². The van der Waals surface area contributed by atoms with E-state index in [2.05, 4.69) is 0 Å². The summed E-state index contributed by atoms with van der Waals surface area (Å²) in [6.07, 6.45) is -3.95. The Labute approximate surface area is 135 Å². The molecule has 0 atom stereocenters. The summed E-state index contributed by atoms with van der Waals surface area (Å²) in [5.41, 5.74) is 0.310. The highest BCUT2D eigenvalue weighted by Crippen LogP contribution is 2.38. The van der Waals surface area contributed by atoms with E-state index in [9.17, 15) is 18.0 Å². The van der Waals surface area contributed by atoms with E-state index in [4.69, 9.17) is 0 Å². The second kappa shape index (κ2) is 6.81. The van der Waals surface area contributed by atoms with Gasteiger partial charge >= 0.3 is 6.18 Å². The molecule has 1 heterocycles. The highest BCUT2D eigenvalue weighted by molar-refractivity contribution is 5.76. The van der Waals surface area contributed by atoms with Crippen LogP contribution in [0.4, 0.5) is 18.9 Å². The predicted octanol–water partition coefficient (Wildman–Crippen LogP) is 3.89. The lowest BCUT2D eigenvalue weighted by atomic mass is 9.98. The van der Waals surface area contributed by atoms with Crippen molar-refractivity contribution in [3.05, 3.63) is 29.3 Å². The second-order valence-electron chi connectivity index (χ2n) is 6.15. The molecule has 1 amide bonds. The number of hydrogen-bond donors (Lipinski definition) is 0. The van der Waals surface area contributed by atoms with Gasteiger partial charge in [-0.15, -0.1) is 0 Å². The SMILES string of the molecule is CCC(=O)N1CCN(c2ccc(C(C)C)cc2C(F)(F)F)CC1. The smallest absolute Gasteiger partial charge is 0.367 e. The quantitative estimate of drug-likeness (QED) is 0.840. The molecule has 2 rings (SSSR count). The van der Waals surface area contributed by atoms with E-state index >= 15 is 0 Å². The molecule has 1 saturated heterocycles. The zero-order chi connectivity index (χ0) is 17.2. The molecule has 3 nitrogen and oxygen atoms in total. The Hall–Kier alpha value is -1.72. The summed E-state index contributed by atoms with van der Waals surface area (Å²) in [5.74, 6) is 0.0972. The third-order valence-electron chi connectivity index (χ3n) is 4.27. The summed E-state index contributed by atoms with van der Waals surface area (Å²) < 4.78 is 40.2. The zero-order valence-electron chi connectivity index (χ0n) is 13.8. The zero-order valence-corrected chi connectivity index (χ0v) is 13.8. The van der Waals surface area contributed by atoms with Crippen molar-refractivity contribution >= 4 is 11.6 Å². The van der Waals surface area contributed by atoms with Crippen LogP contribution in [0.25, 0.3) is 0 Å². The van der Waals surface area contributed by atoms with E-state index in [-0.39, 0.29) is 17.5 Å². The number of carbonyl (C=O) groups is 1. The molecule has 1 aromatic rings. The van der Waals surface area contributed by atoms with Crippen molar-refractivity contribution in [2.24, 2.45) is 0 Å². The molecule has 0 bridgehead atoms. The lowest BCUT2D eigenvalue weighted by Crippen LogP contribution is -2.49. The third kappa shape index (κ3) is 3.98. The largest absolute Gasteiger partial charge is 0.418 e. The van der Waals surface area contributed by atoms with Gasteiger partial charge in [-0.2, -0.15) is 13.2 Å². The monoisotopic (exact) mass is 328 g/mol. The number of nitrogens with zero attached hydrogens (tertiary/aromatic N) is 2. The van der Waals surface area contributed by atoms with Gasteiger partial charge in [-0.1, -0.05) is 26.8 Å². The molecule has 1 aliphatic heterocycles. The summed E-state index contributed by atoms with van der Waals surface area (Å²) in [5, 5.41) is 0. The van der Waals surface area contributed by atoms with Crippen LogP contribution in [-0.4, -0.2) is 37.0 Å². The fraction of sp³-hybridized carbons (Fsp3) is 0.588. The van der Waals surface area contributed by atoms with Gasteiger partial charge in [0.25, 0.3) is 0 Å². The van der Waals surface area contributed by atoms with E-state index < -0.39 is 11.7 Å². The Kier molecular flexibility index (Phi) is 5.22. The summed E-state index contributed by atoms with van der Waals surface area (Å²) in [6, 6.07) is 4.58. The second-order valence-corrected chi connectivity index (χ2v) is 6.15. The number of alkyl halides is 3. The number of halogens is 3. The lowest BCUT2D eigenvalue weighted by molar-refractivity contribution is -0.137. The maximum atomic E-state index is 13.4. The Morgan fingerprint density at radius 3 is 2.26 bits per heavy atom. The molecule has 0 N–H and O–H groups in total. The van der Waals surface area contributed by atoms with E-state index in [0.29, 0.717) is 38.2 Å². The molecule has 128 valence electrons. The molecule has 0 saturated carbocycles. The first-order chi connectivity index (χ1) is 10.7. The van der Waals surface area contributed by atoms with Gasteiger partial charge < -0.3 is 9.80 Å². The third-order valence-corrected chi connectivity index (χ3v) is 4.27. The first-order valence-electron chi connectivity index (χ1n) is 7.98. The molecular weight excluding hydrogens is 305 g/mol. The highest BCUT2D eigenvalue weighted by atomic mass is 19.4. The first kappa shape index (κ1) is 17.6. The van der Waals surface area contributed by atoms with Crippen LogP contribution < -0.4 is 4.90 Å².